The molecule has 16 nitrogen and oxygen atoms in total. The van der Waals surface area contributed by atoms with Crippen LogP contribution in [-0.4, -0.2) is 96.0 Å². The Bertz CT molecular complexity index is 2750. The molecule has 2 amide bonds. The van der Waals surface area contributed by atoms with E-state index in [-0.39, 0.29) is 47.0 Å². The number of rotatable bonds is 11. The molecule has 5 aromatic rings. The van der Waals surface area contributed by atoms with Gasteiger partial charge in [-0.2, -0.15) is 0 Å². The first kappa shape index (κ1) is 44.3. The summed E-state index contributed by atoms with van der Waals surface area (Å²) in [5.41, 5.74) is 3.04. The van der Waals surface area contributed by atoms with Crippen molar-refractivity contribution in [2.75, 3.05) is 49.5 Å². The summed E-state index contributed by atoms with van der Waals surface area (Å²) in [6, 6.07) is 18.7. The van der Waals surface area contributed by atoms with E-state index in [2.05, 4.69) is 35.9 Å². The molecule has 2 saturated heterocycles. The molecule has 4 heterocycles. The first-order valence-electron chi connectivity index (χ1n) is 22.2. The number of likely N-dealkylation sites (tertiary alicyclic amines) is 1. The molecular weight excluding hydrogens is 872 g/mol. The second-order valence-corrected chi connectivity index (χ2v) is 20.6. The minimum atomic E-state index is -4.61. The SMILES string of the molecule is CC(C)(C)OC(=O)N1CC2CC1CC2CNc1ccc(S(=O)(=O)NC(=O)c2ccc(N3CCN([C@@H]4CCCCc5c(Cl)cccc54)CC3)cc2Oc2cnc3[nH]ccc3c2)cc1[N+](=O)[O-]. The quantitative estimate of drug-likeness (QED) is 0.0650. The molecular formula is C47H53ClN8O8S. The Labute approximate surface area is 382 Å². The number of fused-ring (bicyclic) bond motifs is 4. The van der Waals surface area contributed by atoms with Gasteiger partial charge in [0.2, 0.25) is 0 Å². The number of anilines is 2. The second kappa shape index (κ2) is 17.8. The topological polar surface area (TPSA) is 192 Å². The Kier molecular flexibility index (Phi) is 12.1. The largest absolute Gasteiger partial charge is 0.455 e. The Morgan fingerprint density at radius 3 is 2.58 bits per heavy atom. The standard InChI is InChI=1S/C47H53ClN8O8S/c1-47(2,3)64-46(58)55-28-31-22-33(55)21-30(31)26-50-40-14-12-35(25-42(40)56(59)60)65(61,62)52-45(57)38-13-11-32(24-43(38)63-34-23-29-15-16-49-44(29)51-27-34)53-17-19-54(20-18-53)41-10-5-4-7-36-37(41)8-6-9-39(36)48/h6,8-9,11-16,23-25,27,30-31,33,41,50H,4-5,7,10,17-22,26,28H2,1-3H3,(H,49,51)(H,52,57)/t30?,31?,33?,41-/m1/s1. The van der Waals surface area contributed by atoms with E-state index in [0.717, 1.165) is 73.8 Å². The predicted octanol–water partition coefficient (Wildman–Crippen LogP) is 8.68. The number of aromatic nitrogens is 2. The molecule has 2 aliphatic carbocycles. The van der Waals surface area contributed by atoms with E-state index < -0.39 is 37.0 Å². The number of carbonyl (C=O) groups excluding carboxylic acids is 2. The normalized spacial score (nSPS) is 21.2. The van der Waals surface area contributed by atoms with Gasteiger partial charge in [-0.05, 0) is 118 Å². The third-order valence-corrected chi connectivity index (χ3v) is 14.9. The summed E-state index contributed by atoms with van der Waals surface area (Å²) in [6.07, 6.45) is 8.75. The van der Waals surface area contributed by atoms with Crippen molar-refractivity contribution in [1.29, 1.82) is 0 Å². The molecule has 2 aliphatic heterocycles. The fraction of sp³-hybridized carbons (Fsp3) is 0.426. The molecule has 9 rings (SSSR count). The van der Waals surface area contributed by atoms with Gasteiger partial charge in [0.15, 0.2) is 0 Å². The highest BCUT2D eigenvalue weighted by Crippen LogP contribution is 2.43. The molecule has 2 bridgehead atoms. The molecule has 18 heteroatoms. The summed E-state index contributed by atoms with van der Waals surface area (Å²) in [7, 11) is -4.61. The average molecular weight is 926 g/mol. The molecule has 4 atom stereocenters. The molecule has 4 aliphatic rings. The number of piperazine rings is 1. The van der Waals surface area contributed by atoms with Gasteiger partial charge in [-0.15, -0.1) is 0 Å². The van der Waals surface area contributed by atoms with E-state index >= 15 is 0 Å². The van der Waals surface area contributed by atoms with Gasteiger partial charge < -0.3 is 29.6 Å². The predicted molar refractivity (Wildman–Crippen MR) is 247 cm³/mol. The van der Waals surface area contributed by atoms with Gasteiger partial charge in [0, 0.05) is 85.8 Å². The molecule has 0 radical (unpaired) electrons. The van der Waals surface area contributed by atoms with Gasteiger partial charge in [-0.3, -0.25) is 19.8 Å². The van der Waals surface area contributed by atoms with Crippen LogP contribution in [0.4, 0.5) is 21.9 Å². The van der Waals surface area contributed by atoms with Gasteiger partial charge in [0.1, 0.15) is 28.4 Å². The molecule has 2 aromatic heterocycles. The highest BCUT2D eigenvalue weighted by molar-refractivity contribution is 7.90. The number of piperidine rings is 1. The molecule has 65 heavy (non-hydrogen) atoms. The third kappa shape index (κ3) is 9.45. The van der Waals surface area contributed by atoms with Crippen LogP contribution >= 0.6 is 11.6 Å². The molecule has 0 spiro atoms. The molecule has 3 unspecified atom stereocenters. The van der Waals surface area contributed by atoms with Crippen LogP contribution in [0.25, 0.3) is 11.0 Å². The lowest BCUT2D eigenvalue weighted by molar-refractivity contribution is -0.384. The van der Waals surface area contributed by atoms with Crippen molar-refractivity contribution in [3.8, 4) is 11.5 Å². The number of amides is 2. The van der Waals surface area contributed by atoms with Gasteiger partial charge in [-0.25, -0.2) is 22.9 Å². The molecule has 3 aromatic carbocycles. The highest BCUT2D eigenvalue weighted by atomic mass is 35.5. The molecule has 1 saturated carbocycles. The van der Waals surface area contributed by atoms with Gasteiger partial charge in [-0.1, -0.05) is 30.2 Å². The Morgan fingerprint density at radius 1 is 1.02 bits per heavy atom. The second-order valence-electron chi connectivity index (χ2n) is 18.5. The number of H-pyrrole nitrogens is 1. The maximum absolute atomic E-state index is 14.0. The number of nitro benzene ring substituents is 1. The van der Waals surface area contributed by atoms with Crippen molar-refractivity contribution >= 4 is 61.7 Å². The van der Waals surface area contributed by atoms with E-state index in [9.17, 15) is 28.1 Å². The van der Waals surface area contributed by atoms with Crippen LogP contribution in [0.3, 0.4) is 0 Å². The highest BCUT2D eigenvalue weighted by Gasteiger charge is 2.47. The molecule has 342 valence electrons. The summed E-state index contributed by atoms with van der Waals surface area (Å²) >= 11 is 6.66. The lowest BCUT2D eigenvalue weighted by Crippen LogP contribution is -2.47. The molecule has 3 fully saturated rings. The third-order valence-electron chi connectivity index (χ3n) is 13.2. The Morgan fingerprint density at radius 2 is 1.83 bits per heavy atom. The number of benzene rings is 3. The van der Waals surface area contributed by atoms with Crippen LogP contribution in [0.1, 0.15) is 80.4 Å². The number of nitrogens with zero attached hydrogens (tertiary/aromatic N) is 5. The number of pyridine rings is 1. The summed E-state index contributed by atoms with van der Waals surface area (Å²) in [4.78, 5) is 51.9. The number of hydrogen-bond acceptors (Lipinski definition) is 12. The number of aromatic amines is 1. The minimum absolute atomic E-state index is 0.0286. The maximum Gasteiger partial charge on any atom is 0.410 e. The number of nitrogens with one attached hydrogen (secondary N) is 3. The average Bonchev–Trinajstić information content (AvgIpc) is 3.98. The zero-order chi connectivity index (χ0) is 45.6. The van der Waals surface area contributed by atoms with E-state index in [1.807, 2.05) is 39.0 Å². The summed E-state index contributed by atoms with van der Waals surface area (Å²) < 4.78 is 41.7. The monoisotopic (exact) mass is 924 g/mol. The van der Waals surface area contributed by atoms with E-state index in [1.165, 1.54) is 35.5 Å². The number of ether oxygens (including phenoxy) is 2. The number of nitro groups is 1. The zero-order valence-electron chi connectivity index (χ0n) is 36.6. The Balaban J connectivity index is 0.902. The van der Waals surface area contributed by atoms with Gasteiger partial charge in [0.05, 0.1) is 21.6 Å². The summed E-state index contributed by atoms with van der Waals surface area (Å²) in [5, 5.41) is 17.1. The first-order valence-corrected chi connectivity index (χ1v) is 24.1. The number of halogens is 1. The number of hydrogen-bond donors (Lipinski definition) is 3. The smallest absolute Gasteiger partial charge is 0.410 e. The van der Waals surface area contributed by atoms with Crippen LogP contribution in [-0.2, 0) is 21.2 Å². The first-order chi connectivity index (χ1) is 31.1. The number of carbonyl (C=O) groups is 2. The Hall–Kier alpha value is -5.91. The molecule has 3 N–H and O–H groups in total. The van der Waals surface area contributed by atoms with Crippen molar-refractivity contribution in [3.05, 3.63) is 111 Å². The van der Waals surface area contributed by atoms with Crippen LogP contribution in [0.5, 0.6) is 11.5 Å². The van der Waals surface area contributed by atoms with Crippen LogP contribution in [0.2, 0.25) is 5.02 Å². The van der Waals surface area contributed by atoms with E-state index in [1.54, 1.807) is 29.3 Å². The summed E-state index contributed by atoms with van der Waals surface area (Å²) in [6.45, 7) is 9.46. The van der Waals surface area contributed by atoms with Crippen LogP contribution in [0, 0.1) is 22.0 Å². The van der Waals surface area contributed by atoms with Crippen molar-refractivity contribution < 1.29 is 32.4 Å². The lowest BCUT2D eigenvalue weighted by atomic mass is 9.94. The fourth-order valence-corrected chi connectivity index (χ4v) is 11.3. The van der Waals surface area contributed by atoms with Crippen molar-refractivity contribution in [2.24, 2.45) is 11.8 Å². The van der Waals surface area contributed by atoms with Gasteiger partial charge >= 0.3 is 6.09 Å². The van der Waals surface area contributed by atoms with Crippen LogP contribution in [0.15, 0.2) is 84.0 Å². The van der Waals surface area contributed by atoms with Gasteiger partial charge in [0.25, 0.3) is 21.6 Å². The van der Waals surface area contributed by atoms with Crippen LogP contribution < -0.4 is 19.7 Å². The fourth-order valence-electron chi connectivity index (χ4n) is 10.0. The van der Waals surface area contributed by atoms with Crippen molar-refractivity contribution in [1.82, 2.24) is 24.5 Å². The maximum atomic E-state index is 14.0. The van der Waals surface area contributed by atoms with E-state index in [4.69, 9.17) is 21.1 Å². The zero-order valence-corrected chi connectivity index (χ0v) is 38.2. The van der Waals surface area contributed by atoms with Crippen molar-refractivity contribution in [2.45, 2.75) is 81.9 Å². The number of sulfonamides is 1. The minimum Gasteiger partial charge on any atom is -0.455 e. The lowest BCUT2D eigenvalue weighted by Gasteiger charge is -2.40. The van der Waals surface area contributed by atoms with E-state index in [0.29, 0.717) is 37.6 Å². The van der Waals surface area contributed by atoms with Crippen molar-refractivity contribution in [3.63, 3.8) is 0 Å². The summed E-state index contributed by atoms with van der Waals surface area (Å²) in [5.74, 6) is -0.170.